The van der Waals surface area contributed by atoms with E-state index in [1.807, 2.05) is 13.0 Å². The average Bonchev–Trinajstić information content (AvgIpc) is 3.17. The quantitative estimate of drug-likeness (QED) is 0.303. The zero-order valence-electron chi connectivity index (χ0n) is 17.8. The van der Waals surface area contributed by atoms with Crippen molar-refractivity contribution in [2.24, 2.45) is 4.99 Å². The van der Waals surface area contributed by atoms with Crippen LogP contribution in [0, 0.1) is 0 Å². The Morgan fingerprint density at radius 2 is 1.93 bits per heavy atom. The smallest absolute Gasteiger partial charge is 0.231 e. The number of fused-ring (bicyclic) bond motifs is 1. The lowest BCUT2D eigenvalue weighted by molar-refractivity contribution is 0.0513. The summed E-state index contributed by atoms with van der Waals surface area (Å²) in [5, 5.41) is 6.72. The molecule has 0 amide bonds. The first-order valence-corrected chi connectivity index (χ1v) is 12.0. The molecule has 0 aliphatic carbocycles. The van der Waals surface area contributed by atoms with Crippen molar-refractivity contribution in [1.82, 2.24) is 10.6 Å². The van der Waals surface area contributed by atoms with E-state index in [0.717, 1.165) is 24.3 Å². The highest BCUT2D eigenvalue weighted by molar-refractivity contribution is 14.0. The van der Waals surface area contributed by atoms with Crippen LogP contribution in [0.5, 0.6) is 11.5 Å². The van der Waals surface area contributed by atoms with E-state index in [0.29, 0.717) is 32.1 Å². The van der Waals surface area contributed by atoms with Crippen molar-refractivity contribution in [3.05, 3.63) is 23.8 Å². The molecule has 0 saturated carbocycles. The topological polar surface area (TPSA) is 98.2 Å². The SMILES string of the molecule is CN=C(NCC1(c2ccc3c(c2)OCO3)CCOCC1)NC(C)CCS(C)(=O)=O.I. The molecule has 0 bridgehead atoms. The summed E-state index contributed by atoms with van der Waals surface area (Å²) in [5.41, 5.74) is 1.09. The first-order chi connectivity index (χ1) is 13.8. The zero-order chi connectivity index (χ0) is 20.9. The molecule has 1 fully saturated rings. The van der Waals surface area contributed by atoms with Crippen molar-refractivity contribution >= 4 is 39.8 Å². The molecular weight excluding hydrogens is 521 g/mol. The van der Waals surface area contributed by atoms with Crippen molar-refractivity contribution in [1.29, 1.82) is 0 Å². The van der Waals surface area contributed by atoms with Gasteiger partial charge in [0.2, 0.25) is 6.79 Å². The number of aliphatic imine (C=N–C) groups is 1. The number of ether oxygens (including phenoxy) is 3. The minimum absolute atomic E-state index is 0. The number of rotatable bonds is 7. The van der Waals surface area contributed by atoms with Gasteiger partial charge >= 0.3 is 0 Å². The van der Waals surface area contributed by atoms with Crippen molar-refractivity contribution in [3.63, 3.8) is 0 Å². The fourth-order valence-corrected chi connectivity index (χ4v) is 4.48. The molecule has 2 heterocycles. The van der Waals surface area contributed by atoms with Gasteiger partial charge in [0.1, 0.15) is 9.84 Å². The fourth-order valence-electron chi connectivity index (χ4n) is 3.70. The molecule has 0 spiro atoms. The van der Waals surface area contributed by atoms with Gasteiger partial charge in [0.15, 0.2) is 17.5 Å². The van der Waals surface area contributed by atoms with Crippen LogP contribution in [0.4, 0.5) is 0 Å². The van der Waals surface area contributed by atoms with Crippen molar-refractivity contribution in [3.8, 4) is 11.5 Å². The Morgan fingerprint density at radius 1 is 1.23 bits per heavy atom. The lowest BCUT2D eigenvalue weighted by atomic mass is 9.74. The molecule has 10 heteroatoms. The number of hydrogen-bond donors (Lipinski definition) is 2. The summed E-state index contributed by atoms with van der Waals surface area (Å²) in [6, 6.07) is 6.13. The van der Waals surface area contributed by atoms with Gasteiger partial charge in [-0.2, -0.15) is 0 Å². The Labute approximate surface area is 196 Å². The molecule has 0 radical (unpaired) electrons. The van der Waals surface area contributed by atoms with E-state index in [1.165, 1.54) is 11.8 Å². The number of hydrogen-bond acceptors (Lipinski definition) is 6. The van der Waals surface area contributed by atoms with Gasteiger partial charge in [-0.15, -0.1) is 24.0 Å². The predicted octanol–water partition coefficient (Wildman–Crippen LogP) is 2.07. The lowest BCUT2D eigenvalue weighted by Gasteiger charge is -2.38. The Hall–Kier alpha value is -1.27. The summed E-state index contributed by atoms with van der Waals surface area (Å²) in [4.78, 5) is 4.31. The maximum absolute atomic E-state index is 11.4. The van der Waals surface area contributed by atoms with Crippen LogP contribution in [-0.4, -0.2) is 66.0 Å². The standard InChI is InChI=1S/C20H31N3O5S.HI/c1-15(6-11-29(3,24)25)23-19(21-2)22-13-20(7-9-26-10-8-20)16-4-5-17-18(12-16)28-14-27-17;/h4-5,12,15H,6-11,13-14H2,1-3H3,(H2,21,22,23);1H. The van der Waals surface area contributed by atoms with E-state index in [2.05, 4.69) is 27.8 Å². The van der Waals surface area contributed by atoms with Gasteiger partial charge in [-0.3, -0.25) is 4.99 Å². The summed E-state index contributed by atoms with van der Waals surface area (Å²) < 4.78 is 39.4. The van der Waals surface area contributed by atoms with Crippen LogP contribution in [0.2, 0.25) is 0 Å². The van der Waals surface area contributed by atoms with Gasteiger partial charge in [-0.25, -0.2) is 8.42 Å². The van der Waals surface area contributed by atoms with E-state index in [4.69, 9.17) is 14.2 Å². The van der Waals surface area contributed by atoms with Gasteiger partial charge in [-0.1, -0.05) is 6.07 Å². The molecule has 2 aliphatic rings. The van der Waals surface area contributed by atoms with E-state index >= 15 is 0 Å². The molecule has 30 heavy (non-hydrogen) atoms. The van der Waals surface area contributed by atoms with Crippen LogP contribution in [0.3, 0.4) is 0 Å². The molecule has 2 aliphatic heterocycles. The van der Waals surface area contributed by atoms with E-state index in [9.17, 15) is 8.42 Å². The number of benzene rings is 1. The first kappa shape index (κ1) is 25.0. The molecule has 3 rings (SSSR count). The molecule has 2 N–H and O–H groups in total. The first-order valence-electron chi connectivity index (χ1n) is 9.94. The second kappa shape index (κ2) is 10.9. The van der Waals surface area contributed by atoms with Gasteiger partial charge in [-0.05, 0) is 43.9 Å². The summed E-state index contributed by atoms with van der Waals surface area (Å²) in [5.74, 6) is 2.38. The average molecular weight is 553 g/mol. The van der Waals surface area contributed by atoms with Gasteiger partial charge in [0, 0.05) is 44.5 Å². The number of sulfone groups is 1. The van der Waals surface area contributed by atoms with Crippen LogP contribution >= 0.6 is 24.0 Å². The molecule has 1 aromatic carbocycles. The van der Waals surface area contributed by atoms with Crippen LogP contribution < -0.4 is 20.1 Å². The molecule has 0 aromatic heterocycles. The third kappa shape index (κ3) is 6.61. The van der Waals surface area contributed by atoms with E-state index in [-0.39, 0.29) is 48.0 Å². The summed E-state index contributed by atoms with van der Waals surface area (Å²) in [6.07, 6.45) is 3.56. The zero-order valence-corrected chi connectivity index (χ0v) is 20.9. The maximum Gasteiger partial charge on any atom is 0.231 e. The van der Waals surface area contributed by atoms with Crippen molar-refractivity contribution in [2.45, 2.75) is 37.6 Å². The summed E-state index contributed by atoms with van der Waals surface area (Å²) in [6.45, 7) is 4.31. The highest BCUT2D eigenvalue weighted by Gasteiger charge is 2.36. The van der Waals surface area contributed by atoms with Crippen LogP contribution in [0.1, 0.15) is 31.7 Å². The maximum atomic E-state index is 11.4. The van der Waals surface area contributed by atoms with Gasteiger partial charge in [0.25, 0.3) is 0 Å². The second-order valence-electron chi connectivity index (χ2n) is 7.85. The second-order valence-corrected chi connectivity index (χ2v) is 10.1. The number of halogens is 1. The summed E-state index contributed by atoms with van der Waals surface area (Å²) in [7, 11) is -1.26. The molecule has 1 aromatic rings. The Kier molecular flexibility index (Phi) is 9.04. The van der Waals surface area contributed by atoms with Gasteiger partial charge < -0.3 is 24.8 Å². The number of nitrogens with zero attached hydrogens (tertiary/aromatic N) is 1. The van der Waals surface area contributed by atoms with Crippen LogP contribution in [-0.2, 0) is 20.0 Å². The largest absolute Gasteiger partial charge is 0.454 e. The molecule has 8 nitrogen and oxygen atoms in total. The monoisotopic (exact) mass is 553 g/mol. The Bertz CT molecular complexity index is 841. The fraction of sp³-hybridized carbons (Fsp3) is 0.650. The number of guanidine groups is 1. The van der Waals surface area contributed by atoms with Gasteiger partial charge in [0.05, 0.1) is 5.75 Å². The molecule has 1 unspecified atom stereocenters. The minimum Gasteiger partial charge on any atom is -0.454 e. The third-order valence-electron chi connectivity index (χ3n) is 5.56. The number of nitrogens with one attached hydrogen (secondary N) is 2. The highest BCUT2D eigenvalue weighted by atomic mass is 127. The van der Waals surface area contributed by atoms with Crippen LogP contribution in [0.25, 0.3) is 0 Å². The van der Waals surface area contributed by atoms with Crippen LogP contribution in [0.15, 0.2) is 23.2 Å². The molecule has 170 valence electrons. The summed E-state index contributed by atoms with van der Waals surface area (Å²) >= 11 is 0. The molecular formula is C20H32IN3O5S. The predicted molar refractivity (Wildman–Crippen MR) is 128 cm³/mol. The lowest BCUT2D eigenvalue weighted by Crippen LogP contribution is -2.49. The molecule has 1 saturated heterocycles. The third-order valence-corrected chi connectivity index (χ3v) is 6.53. The Balaban J connectivity index is 0.00000320. The van der Waals surface area contributed by atoms with E-state index < -0.39 is 9.84 Å². The molecule has 1 atom stereocenters. The van der Waals surface area contributed by atoms with Crippen molar-refractivity contribution in [2.75, 3.05) is 45.6 Å². The normalized spacial score (nSPS) is 19.0. The Morgan fingerprint density at radius 3 is 2.60 bits per heavy atom. The minimum atomic E-state index is -2.98. The van der Waals surface area contributed by atoms with E-state index in [1.54, 1.807) is 7.05 Å². The van der Waals surface area contributed by atoms with Crippen molar-refractivity contribution < 1.29 is 22.6 Å². The highest BCUT2D eigenvalue weighted by Crippen LogP contribution is 2.40.